The molecule has 1 fully saturated rings. The molecule has 9 heteroatoms. The van der Waals surface area contributed by atoms with Crippen LogP contribution in [0.4, 0.5) is 17.2 Å². The minimum absolute atomic E-state index is 0.220. The third-order valence-electron chi connectivity index (χ3n) is 6.80. The predicted molar refractivity (Wildman–Crippen MR) is 152 cm³/mol. The van der Waals surface area contributed by atoms with Gasteiger partial charge in [0.2, 0.25) is 0 Å². The minimum atomic E-state index is -0.220. The van der Waals surface area contributed by atoms with E-state index in [1.165, 1.54) is 0 Å². The lowest BCUT2D eigenvalue weighted by Gasteiger charge is -2.28. The van der Waals surface area contributed by atoms with Crippen LogP contribution >= 0.6 is 11.6 Å². The molecule has 6 rings (SSSR count). The molecule has 0 aliphatic carbocycles. The molecule has 3 aromatic carbocycles. The maximum Gasteiger partial charge on any atom is 0.293 e. The molecule has 2 aromatic heterocycles. The molecule has 0 spiro atoms. The van der Waals surface area contributed by atoms with Crippen LogP contribution in [-0.4, -0.2) is 45.6 Å². The van der Waals surface area contributed by atoms with Gasteiger partial charge in [-0.1, -0.05) is 41.9 Å². The Kier molecular flexibility index (Phi) is 6.57. The lowest BCUT2D eigenvalue weighted by atomic mass is 10.1. The Bertz CT molecular complexity index is 1640. The number of halogens is 1. The van der Waals surface area contributed by atoms with Crippen molar-refractivity contribution in [1.82, 2.24) is 19.3 Å². The van der Waals surface area contributed by atoms with Crippen molar-refractivity contribution in [3.63, 3.8) is 0 Å². The van der Waals surface area contributed by atoms with E-state index in [2.05, 4.69) is 32.4 Å². The number of anilines is 3. The third-order valence-corrected chi connectivity index (χ3v) is 7.12. The number of fused-ring (bicyclic) bond motifs is 1. The van der Waals surface area contributed by atoms with Gasteiger partial charge in [-0.2, -0.15) is 5.10 Å². The second-order valence-electron chi connectivity index (χ2n) is 9.33. The highest BCUT2D eigenvalue weighted by molar-refractivity contribution is 6.34. The van der Waals surface area contributed by atoms with E-state index in [9.17, 15) is 4.79 Å². The maximum atomic E-state index is 13.2. The summed E-state index contributed by atoms with van der Waals surface area (Å²) in [5, 5.41) is 8.23. The molecular weight excluding hydrogens is 500 g/mol. The first-order chi connectivity index (χ1) is 18.5. The molecule has 1 aliphatic heterocycles. The number of rotatable bonds is 6. The fourth-order valence-corrected chi connectivity index (χ4v) is 4.99. The minimum Gasteiger partial charge on any atom is -0.378 e. The fraction of sp³-hybridized carbons (Fsp3) is 0.207. The molecule has 5 aromatic rings. The molecule has 0 bridgehead atoms. The number of aryl methyl sites for hydroxylation is 1. The Morgan fingerprint density at radius 1 is 1.03 bits per heavy atom. The zero-order valence-corrected chi connectivity index (χ0v) is 21.7. The number of morpholine rings is 1. The fourth-order valence-electron chi connectivity index (χ4n) is 4.72. The van der Waals surface area contributed by atoms with Gasteiger partial charge in [0, 0.05) is 48.8 Å². The number of nitrogens with one attached hydrogen (secondary N) is 1. The van der Waals surface area contributed by atoms with Crippen molar-refractivity contribution < 1.29 is 4.74 Å². The van der Waals surface area contributed by atoms with Gasteiger partial charge >= 0.3 is 0 Å². The van der Waals surface area contributed by atoms with Crippen LogP contribution in [0.3, 0.4) is 0 Å². The normalized spacial score (nSPS) is 13.7. The first kappa shape index (κ1) is 24.2. The first-order valence-electron chi connectivity index (χ1n) is 12.5. The predicted octanol–water partition coefficient (Wildman–Crippen LogP) is 5.08. The monoisotopic (exact) mass is 526 g/mol. The van der Waals surface area contributed by atoms with Crippen LogP contribution in [0.15, 0.2) is 83.9 Å². The highest BCUT2D eigenvalue weighted by atomic mass is 35.5. The van der Waals surface area contributed by atoms with Crippen LogP contribution < -0.4 is 15.8 Å². The molecule has 3 heterocycles. The van der Waals surface area contributed by atoms with Gasteiger partial charge in [0.25, 0.3) is 5.56 Å². The van der Waals surface area contributed by atoms with E-state index < -0.39 is 0 Å². The summed E-state index contributed by atoms with van der Waals surface area (Å²) in [4.78, 5) is 20.1. The largest absolute Gasteiger partial charge is 0.378 e. The molecule has 0 saturated carbocycles. The zero-order chi connectivity index (χ0) is 26.1. The number of aromatic nitrogens is 4. The van der Waals surface area contributed by atoms with Gasteiger partial charge < -0.3 is 19.5 Å². The highest BCUT2D eigenvalue weighted by Gasteiger charge is 2.15. The Balaban J connectivity index is 1.27. The molecule has 0 atom stereocenters. The number of benzene rings is 3. The summed E-state index contributed by atoms with van der Waals surface area (Å²) in [6.45, 7) is 3.87. The number of nitrogens with zero attached hydrogens (tertiary/aromatic N) is 5. The van der Waals surface area contributed by atoms with E-state index in [-0.39, 0.29) is 11.4 Å². The molecule has 192 valence electrons. The Morgan fingerprint density at radius 2 is 1.79 bits per heavy atom. The number of hydrogen-bond donors (Lipinski definition) is 1. The molecule has 38 heavy (non-hydrogen) atoms. The summed E-state index contributed by atoms with van der Waals surface area (Å²) in [5.74, 6) is 0.249. The summed E-state index contributed by atoms with van der Waals surface area (Å²) in [6.07, 6.45) is 3.75. The van der Waals surface area contributed by atoms with Crippen LogP contribution in [0, 0.1) is 0 Å². The van der Waals surface area contributed by atoms with Gasteiger partial charge in [-0.3, -0.25) is 9.48 Å². The SMILES string of the molecule is Cn1c(=O)c(Nc2ccc(N3CCOCC3)cc2)nc2cc(Cl)c(-c3cnn(Cc4ccccc4)c3)cc21. The molecule has 1 aliphatic rings. The summed E-state index contributed by atoms with van der Waals surface area (Å²) in [6, 6.07) is 21.8. The average Bonchev–Trinajstić information content (AvgIpc) is 3.41. The second-order valence-corrected chi connectivity index (χ2v) is 9.74. The molecule has 0 unspecified atom stereocenters. The first-order valence-corrected chi connectivity index (χ1v) is 12.9. The number of hydrogen-bond acceptors (Lipinski definition) is 6. The van der Waals surface area contributed by atoms with Gasteiger partial charge in [-0.05, 0) is 42.0 Å². The summed E-state index contributed by atoms with van der Waals surface area (Å²) in [5.41, 5.74) is 5.86. The molecule has 8 nitrogen and oxygen atoms in total. The molecule has 1 N–H and O–H groups in total. The quantitative estimate of drug-likeness (QED) is 0.332. The van der Waals surface area contributed by atoms with Crippen LogP contribution in [0.25, 0.3) is 22.2 Å². The molecular formula is C29H27ClN6O2. The summed E-state index contributed by atoms with van der Waals surface area (Å²) >= 11 is 6.70. The van der Waals surface area contributed by atoms with Crippen LogP contribution in [-0.2, 0) is 18.3 Å². The van der Waals surface area contributed by atoms with Gasteiger partial charge in [-0.25, -0.2) is 4.98 Å². The Labute approximate surface area is 225 Å². The van der Waals surface area contributed by atoms with Crippen molar-refractivity contribution in [3.05, 3.63) is 100 Å². The van der Waals surface area contributed by atoms with Crippen molar-refractivity contribution >= 4 is 39.8 Å². The van der Waals surface area contributed by atoms with E-state index in [4.69, 9.17) is 16.3 Å². The summed E-state index contributed by atoms with van der Waals surface area (Å²) in [7, 11) is 1.75. The van der Waals surface area contributed by atoms with Crippen LogP contribution in [0.1, 0.15) is 5.56 Å². The van der Waals surface area contributed by atoms with E-state index in [0.29, 0.717) is 22.6 Å². The van der Waals surface area contributed by atoms with Gasteiger partial charge in [0.15, 0.2) is 5.82 Å². The topological polar surface area (TPSA) is 77.2 Å². The third kappa shape index (κ3) is 4.88. The van der Waals surface area contributed by atoms with Gasteiger partial charge in [0.05, 0.1) is 42.0 Å². The van der Waals surface area contributed by atoms with Crippen molar-refractivity contribution in [2.24, 2.45) is 7.05 Å². The van der Waals surface area contributed by atoms with Crippen molar-refractivity contribution in [3.8, 4) is 11.1 Å². The van der Waals surface area contributed by atoms with E-state index in [0.717, 1.165) is 54.4 Å². The van der Waals surface area contributed by atoms with E-state index in [1.807, 2.05) is 59.4 Å². The number of ether oxygens (including phenoxy) is 1. The van der Waals surface area contributed by atoms with Crippen molar-refractivity contribution in [1.29, 1.82) is 0 Å². The van der Waals surface area contributed by atoms with Crippen molar-refractivity contribution in [2.75, 3.05) is 36.5 Å². The van der Waals surface area contributed by atoms with E-state index >= 15 is 0 Å². The lowest BCUT2D eigenvalue weighted by Crippen LogP contribution is -2.36. The lowest BCUT2D eigenvalue weighted by molar-refractivity contribution is 0.122. The summed E-state index contributed by atoms with van der Waals surface area (Å²) < 4.78 is 8.91. The van der Waals surface area contributed by atoms with Crippen LogP contribution in [0.2, 0.25) is 5.02 Å². The highest BCUT2D eigenvalue weighted by Crippen LogP contribution is 2.32. The van der Waals surface area contributed by atoms with Gasteiger partial charge in [-0.15, -0.1) is 0 Å². The second kappa shape index (κ2) is 10.3. The maximum absolute atomic E-state index is 13.2. The smallest absolute Gasteiger partial charge is 0.293 e. The van der Waals surface area contributed by atoms with Gasteiger partial charge in [0.1, 0.15) is 0 Å². The van der Waals surface area contributed by atoms with Crippen LogP contribution in [0.5, 0.6) is 0 Å². The average molecular weight is 527 g/mol. The standard InChI is InChI=1S/C29H27ClN6O2/c1-34-27-15-24(21-17-31-36(19-21)18-20-5-3-2-4-6-20)25(30)16-26(27)33-28(29(34)37)32-22-7-9-23(10-8-22)35-11-13-38-14-12-35/h2-10,15-17,19H,11-14,18H2,1H3,(H,32,33). The Morgan fingerprint density at radius 3 is 2.55 bits per heavy atom. The van der Waals surface area contributed by atoms with Crippen molar-refractivity contribution in [2.45, 2.75) is 6.54 Å². The zero-order valence-electron chi connectivity index (χ0n) is 21.0. The Hall–Kier alpha value is -4.14. The molecule has 0 amide bonds. The molecule has 0 radical (unpaired) electrons. The van der Waals surface area contributed by atoms with E-state index in [1.54, 1.807) is 23.9 Å². The molecule has 1 saturated heterocycles.